The standard InChI is InChI=1S/C13H17NO2/c15-13(16)11-8-12(9-11)14-7-6-10-4-2-1-3-5-10/h1-5,11-12,14H,6-9H2,(H,15,16). The third-order valence-corrected chi connectivity index (χ3v) is 3.18. The average molecular weight is 219 g/mol. The third kappa shape index (κ3) is 2.83. The zero-order valence-electron chi connectivity index (χ0n) is 9.23. The lowest BCUT2D eigenvalue weighted by Gasteiger charge is -2.33. The van der Waals surface area contributed by atoms with Crippen molar-refractivity contribution < 1.29 is 9.90 Å². The number of rotatable bonds is 5. The molecule has 0 bridgehead atoms. The van der Waals surface area contributed by atoms with Crippen molar-refractivity contribution in [3.8, 4) is 0 Å². The first-order valence-corrected chi connectivity index (χ1v) is 5.76. The molecule has 1 fully saturated rings. The van der Waals surface area contributed by atoms with Crippen molar-refractivity contribution in [2.45, 2.75) is 25.3 Å². The quantitative estimate of drug-likeness (QED) is 0.792. The fourth-order valence-corrected chi connectivity index (χ4v) is 2.05. The first kappa shape index (κ1) is 11.1. The van der Waals surface area contributed by atoms with Crippen LogP contribution in [0.15, 0.2) is 30.3 Å². The summed E-state index contributed by atoms with van der Waals surface area (Å²) in [6, 6.07) is 10.7. The second-order valence-electron chi connectivity index (χ2n) is 4.39. The zero-order chi connectivity index (χ0) is 11.4. The molecule has 0 saturated heterocycles. The molecule has 1 aliphatic rings. The molecular weight excluding hydrogens is 202 g/mol. The molecular formula is C13H17NO2. The first-order chi connectivity index (χ1) is 7.75. The smallest absolute Gasteiger partial charge is 0.306 e. The molecule has 1 aromatic carbocycles. The van der Waals surface area contributed by atoms with Crippen LogP contribution in [0.25, 0.3) is 0 Å². The summed E-state index contributed by atoms with van der Waals surface area (Å²) in [5.74, 6) is -0.768. The average Bonchev–Trinajstić information content (AvgIpc) is 2.22. The molecule has 2 N–H and O–H groups in total. The van der Waals surface area contributed by atoms with Crippen LogP contribution in [-0.4, -0.2) is 23.7 Å². The van der Waals surface area contributed by atoms with E-state index in [4.69, 9.17) is 5.11 Å². The second kappa shape index (κ2) is 5.12. The molecule has 0 radical (unpaired) electrons. The summed E-state index contributed by atoms with van der Waals surface area (Å²) in [7, 11) is 0. The summed E-state index contributed by atoms with van der Waals surface area (Å²) < 4.78 is 0. The molecule has 0 unspecified atom stereocenters. The summed E-state index contributed by atoms with van der Waals surface area (Å²) in [4.78, 5) is 10.6. The fourth-order valence-electron chi connectivity index (χ4n) is 2.05. The number of carboxylic acids is 1. The van der Waals surface area contributed by atoms with Gasteiger partial charge in [-0.25, -0.2) is 0 Å². The summed E-state index contributed by atoms with van der Waals surface area (Å²) >= 11 is 0. The highest BCUT2D eigenvalue weighted by Crippen LogP contribution is 2.27. The van der Waals surface area contributed by atoms with Gasteiger partial charge in [-0.05, 0) is 31.4 Å². The summed E-state index contributed by atoms with van der Waals surface area (Å²) in [5, 5.41) is 12.1. The molecule has 0 atom stereocenters. The number of aliphatic carboxylic acids is 1. The van der Waals surface area contributed by atoms with E-state index in [0.29, 0.717) is 6.04 Å². The molecule has 0 aromatic heterocycles. The Kier molecular flexibility index (Phi) is 3.57. The Labute approximate surface area is 95.5 Å². The van der Waals surface area contributed by atoms with Gasteiger partial charge in [0.25, 0.3) is 0 Å². The Morgan fingerprint density at radius 3 is 2.62 bits per heavy atom. The van der Waals surface area contributed by atoms with Crippen LogP contribution in [0, 0.1) is 5.92 Å². The van der Waals surface area contributed by atoms with Gasteiger partial charge in [-0.15, -0.1) is 0 Å². The van der Waals surface area contributed by atoms with E-state index in [0.717, 1.165) is 25.8 Å². The Hall–Kier alpha value is -1.35. The van der Waals surface area contributed by atoms with Crippen molar-refractivity contribution >= 4 is 5.97 Å². The Bertz CT molecular complexity index is 344. The van der Waals surface area contributed by atoms with Crippen molar-refractivity contribution in [2.75, 3.05) is 6.54 Å². The van der Waals surface area contributed by atoms with E-state index in [9.17, 15) is 4.79 Å². The van der Waals surface area contributed by atoms with Gasteiger partial charge in [0.05, 0.1) is 5.92 Å². The van der Waals surface area contributed by atoms with Crippen LogP contribution < -0.4 is 5.32 Å². The van der Waals surface area contributed by atoms with Crippen LogP contribution in [0.3, 0.4) is 0 Å². The number of benzene rings is 1. The van der Waals surface area contributed by atoms with Crippen molar-refractivity contribution in [3.63, 3.8) is 0 Å². The summed E-state index contributed by atoms with van der Waals surface area (Å²) in [6.45, 7) is 0.932. The maximum Gasteiger partial charge on any atom is 0.306 e. The van der Waals surface area contributed by atoms with Crippen molar-refractivity contribution in [1.82, 2.24) is 5.32 Å². The minimum Gasteiger partial charge on any atom is -0.481 e. The minimum absolute atomic E-state index is 0.116. The van der Waals surface area contributed by atoms with Crippen LogP contribution in [0.5, 0.6) is 0 Å². The third-order valence-electron chi connectivity index (χ3n) is 3.18. The van der Waals surface area contributed by atoms with Gasteiger partial charge in [0, 0.05) is 6.04 Å². The van der Waals surface area contributed by atoms with Gasteiger partial charge in [0.2, 0.25) is 0 Å². The van der Waals surface area contributed by atoms with Crippen LogP contribution in [0.4, 0.5) is 0 Å². The van der Waals surface area contributed by atoms with Crippen LogP contribution in [0.2, 0.25) is 0 Å². The molecule has 1 aliphatic carbocycles. The van der Waals surface area contributed by atoms with Crippen molar-refractivity contribution in [2.24, 2.45) is 5.92 Å². The van der Waals surface area contributed by atoms with Crippen molar-refractivity contribution in [1.29, 1.82) is 0 Å². The van der Waals surface area contributed by atoms with Gasteiger partial charge in [-0.3, -0.25) is 4.79 Å². The maximum atomic E-state index is 10.6. The Morgan fingerprint density at radius 2 is 2.00 bits per heavy atom. The number of carbonyl (C=O) groups is 1. The van der Waals surface area contributed by atoms with Crippen LogP contribution >= 0.6 is 0 Å². The molecule has 1 aromatic rings. The highest BCUT2D eigenvalue weighted by atomic mass is 16.4. The molecule has 3 heteroatoms. The van der Waals surface area contributed by atoms with Gasteiger partial charge in [0.1, 0.15) is 0 Å². The zero-order valence-corrected chi connectivity index (χ0v) is 9.23. The van der Waals surface area contributed by atoms with Gasteiger partial charge >= 0.3 is 5.97 Å². The predicted octanol–water partition coefficient (Wildman–Crippen LogP) is 1.68. The van der Waals surface area contributed by atoms with Crippen LogP contribution in [-0.2, 0) is 11.2 Å². The van der Waals surface area contributed by atoms with Crippen LogP contribution in [0.1, 0.15) is 18.4 Å². The first-order valence-electron chi connectivity index (χ1n) is 5.76. The monoisotopic (exact) mass is 219 g/mol. The molecule has 86 valence electrons. The van der Waals surface area contributed by atoms with E-state index < -0.39 is 5.97 Å². The highest BCUT2D eigenvalue weighted by molar-refractivity contribution is 5.71. The highest BCUT2D eigenvalue weighted by Gasteiger charge is 2.33. The lowest BCUT2D eigenvalue weighted by Crippen LogP contribution is -2.44. The van der Waals surface area contributed by atoms with E-state index in [1.165, 1.54) is 5.56 Å². The van der Waals surface area contributed by atoms with Gasteiger partial charge in [-0.2, -0.15) is 0 Å². The Balaban J connectivity index is 1.62. The van der Waals surface area contributed by atoms with Gasteiger partial charge in [-0.1, -0.05) is 30.3 Å². The lowest BCUT2D eigenvalue weighted by molar-refractivity contribution is -0.145. The van der Waals surface area contributed by atoms with E-state index in [-0.39, 0.29) is 5.92 Å². The number of hydrogen-bond donors (Lipinski definition) is 2. The molecule has 3 nitrogen and oxygen atoms in total. The SMILES string of the molecule is O=C(O)C1CC(NCCc2ccccc2)C1. The van der Waals surface area contributed by atoms with E-state index >= 15 is 0 Å². The summed E-state index contributed by atoms with van der Waals surface area (Å²) in [6.07, 6.45) is 2.57. The van der Waals surface area contributed by atoms with Gasteiger partial charge < -0.3 is 10.4 Å². The summed E-state index contributed by atoms with van der Waals surface area (Å²) in [5.41, 5.74) is 1.32. The lowest BCUT2D eigenvalue weighted by atomic mass is 9.80. The van der Waals surface area contributed by atoms with E-state index in [1.54, 1.807) is 0 Å². The molecule has 0 amide bonds. The molecule has 0 aliphatic heterocycles. The molecule has 0 heterocycles. The Morgan fingerprint density at radius 1 is 1.31 bits per heavy atom. The van der Waals surface area contributed by atoms with E-state index in [1.807, 2.05) is 18.2 Å². The second-order valence-corrected chi connectivity index (χ2v) is 4.39. The largest absolute Gasteiger partial charge is 0.481 e. The number of hydrogen-bond acceptors (Lipinski definition) is 2. The maximum absolute atomic E-state index is 10.6. The normalized spacial score (nSPS) is 23.8. The minimum atomic E-state index is -0.652. The molecule has 1 saturated carbocycles. The van der Waals surface area contributed by atoms with Gasteiger partial charge in [0.15, 0.2) is 0 Å². The van der Waals surface area contributed by atoms with E-state index in [2.05, 4.69) is 17.4 Å². The van der Waals surface area contributed by atoms with Crippen molar-refractivity contribution in [3.05, 3.63) is 35.9 Å². The topological polar surface area (TPSA) is 49.3 Å². The fraction of sp³-hybridized carbons (Fsp3) is 0.462. The molecule has 16 heavy (non-hydrogen) atoms. The number of nitrogens with one attached hydrogen (secondary N) is 1. The molecule has 2 rings (SSSR count). The predicted molar refractivity (Wildman–Crippen MR) is 62.3 cm³/mol. The molecule has 0 spiro atoms. The number of carboxylic acid groups (broad SMARTS) is 1.